The van der Waals surface area contributed by atoms with Gasteiger partial charge in [-0.2, -0.15) is 0 Å². The molecule has 2 rings (SSSR count). The number of hydrogen-bond donors (Lipinski definition) is 2. The van der Waals surface area contributed by atoms with Crippen LogP contribution in [0.15, 0.2) is 11.1 Å². The van der Waals surface area contributed by atoms with Crippen LogP contribution in [0.5, 0.6) is 0 Å². The number of ether oxygens (including phenoxy) is 1. The molecule has 1 unspecified atom stereocenters. The molecule has 2 atom stereocenters. The third-order valence-electron chi connectivity index (χ3n) is 3.28. The van der Waals surface area contributed by atoms with Crippen LogP contribution in [0.1, 0.15) is 20.3 Å². The van der Waals surface area contributed by atoms with Crippen molar-refractivity contribution >= 4 is 23.8 Å². The maximum atomic E-state index is 12.0. The number of cyclic esters (lactones) is 1. The number of nitrogens with zero attached hydrogens (tertiary/aromatic N) is 1. The first-order chi connectivity index (χ1) is 9.47. The van der Waals surface area contributed by atoms with Crippen LogP contribution in [0, 0.1) is 5.92 Å². The molecule has 0 saturated carbocycles. The largest absolute Gasteiger partial charge is 0.464 e. The first-order valence-corrected chi connectivity index (χ1v) is 7.71. The average Bonchev–Trinajstić information content (AvgIpc) is 2.99. The maximum absolute atomic E-state index is 12.0. The molecule has 0 radical (unpaired) electrons. The Kier molecular flexibility index (Phi) is 4.80. The lowest BCUT2D eigenvalue weighted by atomic mass is 10.2. The van der Waals surface area contributed by atoms with Crippen LogP contribution in [-0.4, -0.2) is 48.5 Å². The highest BCUT2D eigenvalue weighted by Crippen LogP contribution is 2.26. The van der Waals surface area contributed by atoms with Crippen LogP contribution in [-0.2, 0) is 9.53 Å². The third-order valence-corrected chi connectivity index (χ3v) is 4.65. The van der Waals surface area contributed by atoms with Gasteiger partial charge in [0.05, 0.1) is 18.5 Å². The number of carbonyl (C=O) groups is 2. The van der Waals surface area contributed by atoms with Gasteiger partial charge in [-0.25, -0.2) is 9.59 Å². The molecule has 2 aliphatic heterocycles. The zero-order valence-electron chi connectivity index (χ0n) is 12.0. The molecule has 0 aromatic carbocycles. The zero-order valence-corrected chi connectivity index (χ0v) is 12.8. The predicted octanol–water partition coefficient (Wildman–Crippen LogP) is 1.10. The Morgan fingerprint density at radius 2 is 2.40 bits per heavy atom. The van der Waals surface area contributed by atoms with Crippen LogP contribution in [0.2, 0.25) is 0 Å². The van der Waals surface area contributed by atoms with Crippen molar-refractivity contribution in [2.45, 2.75) is 31.7 Å². The zero-order chi connectivity index (χ0) is 14.7. The van der Waals surface area contributed by atoms with Gasteiger partial charge in [0.1, 0.15) is 6.04 Å². The van der Waals surface area contributed by atoms with Gasteiger partial charge < -0.3 is 20.3 Å². The number of thioether (sulfide) groups is 1. The molecule has 7 heteroatoms. The van der Waals surface area contributed by atoms with Crippen molar-refractivity contribution in [1.29, 1.82) is 0 Å². The minimum atomic E-state index is -0.506. The van der Waals surface area contributed by atoms with Gasteiger partial charge in [-0.3, -0.25) is 0 Å². The first kappa shape index (κ1) is 15.0. The lowest BCUT2D eigenvalue weighted by Gasteiger charge is -2.22. The van der Waals surface area contributed by atoms with Crippen molar-refractivity contribution in [3.8, 4) is 0 Å². The second-order valence-corrected chi connectivity index (χ2v) is 6.42. The number of carbonyl (C=O) groups excluding carboxylic acids is 2. The Bertz CT molecular complexity index is 425. The van der Waals surface area contributed by atoms with Crippen molar-refractivity contribution in [3.63, 3.8) is 0 Å². The first-order valence-electron chi connectivity index (χ1n) is 6.76. The molecule has 6 nitrogen and oxygen atoms in total. The summed E-state index contributed by atoms with van der Waals surface area (Å²) >= 11 is 1.74. The van der Waals surface area contributed by atoms with Crippen LogP contribution >= 0.6 is 11.8 Å². The quantitative estimate of drug-likeness (QED) is 0.761. The number of nitrogens with one attached hydrogen (secondary N) is 2. The van der Waals surface area contributed by atoms with Gasteiger partial charge in [0.25, 0.3) is 0 Å². The summed E-state index contributed by atoms with van der Waals surface area (Å²) in [6.45, 7) is 5.20. The van der Waals surface area contributed by atoms with Crippen LogP contribution in [0.3, 0.4) is 0 Å². The Labute approximate surface area is 123 Å². The molecule has 0 bridgehead atoms. The fourth-order valence-electron chi connectivity index (χ4n) is 2.03. The van der Waals surface area contributed by atoms with Gasteiger partial charge in [0.2, 0.25) is 0 Å². The number of amides is 2. The molecule has 0 spiro atoms. The van der Waals surface area contributed by atoms with E-state index in [2.05, 4.69) is 29.9 Å². The van der Waals surface area contributed by atoms with Gasteiger partial charge in [0, 0.05) is 19.2 Å². The monoisotopic (exact) mass is 299 g/mol. The average molecular weight is 299 g/mol. The van der Waals surface area contributed by atoms with E-state index in [9.17, 15) is 9.59 Å². The molecule has 0 aliphatic carbocycles. The summed E-state index contributed by atoms with van der Waals surface area (Å²) in [7, 11) is 1.71. The van der Waals surface area contributed by atoms with E-state index >= 15 is 0 Å². The van der Waals surface area contributed by atoms with E-state index in [1.165, 1.54) is 0 Å². The van der Waals surface area contributed by atoms with Gasteiger partial charge in [-0.15, -0.1) is 11.8 Å². The summed E-state index contributed by atoms with van der Waals surface area (Å²) in [5, 5.41) is 8.50. The molecule has 112 valence electrons. The molecular weight excluding hydrogens is 278 g/mol. The van der Waals surface area contributed by atoms with Crippen molar-refractivity contribution < 1.29 is 14.3 Å². The minimum Gasteiger partial charge on any atom is -0.464 e. The number of likely N-dealkylation sites (N-methyl/N-ethyl adjacent to an activating group) is 1. The normalized spacial score (nSPS) is 25.2. The van der Waals surface area contributed by atoms with Crippen molar-refractivity contribution in [2.75, 3.05) is 20.2 Å². The van der Waals surface area contributed by atoms with Crippen LogP contribution < -0.4 is 10.6 Å². The number of hydrogen-bond acceptors (Lipinski definition) is 5. The molecule has 2 aliphatic rings. The predicted molar refractivity (Wildman–Crippen MR) is 78.0 cm³/mol. The SMILES string of the molecule is CC(C)C1NC(CN(C)C(=O)N[C@H]2CCOC2=O)=CS1. The third kappa shape index (κ3) is 3.59. The molecule has 20 heavy (non-hydrogen) atoms. The minimum absolute atomic E-state index is 0.255. The molecule has 1 fully saturated rings. The molecule has 2 N–H and O–H groups in total. The summed E-state index contributed by atoms with van der Waals surface area (Å²) in [5.41, 5.74) is 1.03. The summed E-state index contributed by atoms with van der Waals surface area (Å²) in [5.74, 6) is 0.182. The number of esters is 1. The van der Waals surface area contributed by atoms with E-state index in [-0.39, 0.29) is 12.0 Å². The van der Waals surface area contributed by atoms with E-state index in [1.54, 1.807) is 23.7 Å². The van der Waals surface area contributed by atoms with Gasteiger partial charge in [-0.05, 0) is 11.3 Å². The van der Waals surface area contributed by atoms with Crippen LogP contribution in [0.4, 0.5) is 4.79 Å². The Morgan fingerprint density at radius 3 is 2.95 bits per heavy atom. The maximum Gasteiger partial charge on any atom is 0.328 e. The fraction of sp³-hybridized carbons (Fsp3) is 0.692. The highest BCUT2D eigenvalue weighted by atomic mass is 32.2. The Balaban J connectivity index is 1.78. The second-order valence-electron chi connectivity index (χ2n) is 5.40. The smallest absolute Gasteiger partial charge is 0.328 e. The molecule has 2 heterocycles. The van der Waals surface area contributed by atoms with Gasteiger partial charge in [-0.1, -0.05) is 13.8 Å². The van der Waals surface area contributed by atoms with Crippen LogP contribution in [0.25, 0.3) is 0 Å². The molecule has 1 saturated heterocycles. The summed E-state index contributed by atoms with van der Waals surface area (Å²) in [6.07, 6.45) is 0.546. The fourth-order valence-corrected chi connectivity index (χ4v) is 3.01. The van der Waals surface area contributed by atoms with Crippen molar-refractivity contribution in [3.05, 3.63) is 11.1 Å². The number of rotatable bonds is 4. The second kappa shape index (κ2) is 6.39. The van der Waals surface area contributed by atoms with E-state index in [0.29, 0.717) is 30.9 Å². The lowest BCUT2D eigenvalue weighted by molar-refractivity contribution is -0.139. The molecule has 2 amide bonds. The molecular formula is C13H21N3O3S. The van der Waals surface area contributed by atoms with E-state index in [4.69, 9.17) is 4.74 Å². The summed E-state index contributed by atoms with van der Waals surface area (Å²) in [4.78, 5) is 24.9. The van der Waals surface area contributed by atoms with Crippen molar-refractivity contribution in [2.24, 2.45) is 5.92 Å². The Morgan fingerprint density at radius 1 is 1.65 bits per heavy atom. The van der Waals surface area contributed by atoms with E-state index < -0.39 is 6.04 Å². The molecule has 0 aromatic rings. The summed E-state index contributed by atoms with van der Waals surface area (Å²) in [6, 6.07) is -0.761. The highest BCUT2D eigenvalue weighted by Gasteiger charge is 2.29. The van der Waals surface area contributed by atoms with Gasteiger partial charge in [0.15, 0.2) is 0 Å². The van der Waals surface area contributed by atoms with E-state index in [0.717, 1.165) is 5.70 Å². The highest BCUT2D eigenvalue weighted by molar-refractivity contribution is 8.02. The van der Waals surface area contributed by atoms with Gasteiger partial charge >= 0.3 is 12.0 Å². The molecule has 0 aromatic heterocycles. The Hall–Kier alpha value is -1.37. The topological polar surface area (TPSA) is 70.7 Å². The number of urea groups is 1. The lowest BCUT2D eigenvalue weighted by Crippen LogP contribution is -2.46. The van der Waals surface area contributed by atoms with Crippen molar-refractivity contribution in [1.82, 2.24) is 15.5 Å². The standard InChI is InChI=1S/C13H21N3O3S/c1-8(2)11-14-9(7-20-11)6-16(3)13(18)15-10-4-5-19-12(10)17/h7-8,10-11,14H,4-6H2,1-3H3,(H,15,18)/t10-,11?/m0/s1. The summed E-state index contributed by atoms with van der Waals surface area (Å²) < 4.78 is 4.82. The van der Waals surface area contributed by atoms with E-state index in [1.807, 2.05) is 0 Å².